The molecule has 0 aromatic rings. The molecule has 1 amide bonds. The molecule has 3 N–H and O–H groups in total. The third kappa shape index (κ3) is 41.3. The Bertz CT molecular complexity index is 878. The average Bonchev–Trinajstić information content (AvgIpc) is 3.22. The molecule has 0 aliphatic rings. The molecule has 0 heterocycles. The van der Waals surface area contributed by atoms with Crippen molar-refractivity contribution in [1.29, 1.82) is 0 Å². The molecule has 0 bridgehead atoms. The van der Waals surface area contributed by atoms with Crippen molar-refractivity contribution in [1.82, 2.24) is 5.32 Å². The van der Waals surface area contributed by atoms with E-state index in [1.165, 1.54) is 180 Å². The van der Waals surface area contributed by atoms with Crippen molar-refractivity contribution in [3.05, 3.63) is 12.2 Å². The van der Waals surface area contributed by atoms with Gasteiger partial charge in [0.1, 0.15) is 6.10 Å². The third-order valence-corrected chi connectivity index (χ3v) is 12.1. The molecule has 6 nitrogen and oxygen atoms in total. The van der Waals surface area contributed by atoms with E-state index in [0.29, 0.717) is 19.3 Å². The molecule has 0 fully saturated rings. The second-order valence-corrected chi connectivity index (χ2v) is 17.9. The van der Waals surface area contributed by atoms with Gasteiger partial charge < -0.3 is 20.3 Å². The number of hydrogen-bond acceptors (Lipinski definition) is 5. The topological polar surface area (TPSA) is 95.9 Å². The molecule has 0 rings (SSSR count). The standard InChI is InChI=1S/C52H101NO5/c1-4-7-10-13-16-19-21-23-24-25-26-27-28-30-33-36-39-42-45-52(57)58-48(43-40-37-34-32-29-22-20-17-14-11-8-5-2)46-51(56)53-49(47-54)50(55)44-41-38-35-31-18-15-12-9-6-3/h26-27,48-50,54-55H,4-25,28-47H2,1-3H3,(H,53,56)/b27-26+. The summed E-state index contributed by atoms with van der Waals surface area (Å²) < 4.78 is 5.93. The minimum absolute atomic E-state index is 0.0810. The predicted octanol–water partition coefficient (Wildman–Crippen LogP) is 15.3. The first-order valence-electron chi connectivity index (χ1n) is 25.9. The number of nitrogens with one attached hydrogen (secondary N) is 1. The van der Waals surface area contributed by atoms with E-state index >= 15 is 0 Å². The van der Waals surface area contributed by atoms with Gasteiger partial charge in [-0.1, -0.05) is 232 Å². The molecular weight excluding hydrogens is 719 g/mol. The lowest BCUT2D eigenvalue weighted by Crippen LogP contribution is -2.46. The van der Waals surface area contributed by atoms with Crippen LogP contribution < -0.4 is 5.32 Å². The van der Waals surface area contributed by atoms with Gasteiger partial charge in [0.2, 0.25) is 5.91 Å². The first-order chi connectivity index (χ1) is 28.5. The molecule has 6 heteroatoms. The maximum absolute atomic E-state index is 13.2. The number of aliphatic hydroxyl groups is 2. The molecule has 3 atom stereocenters. The molecular formula is C52H101NO5. The molecule has 3 unspecified atom stereocenters. The highest BCUT2D eigenvalue weighted by molar-refractivity contribution is 5.77. The van der Waals surface area contributed by atoms with Crippen LogP contribution in [0.1, 0.15) is 284 Å². The van der Waals surface area contributed by atoms with Crippen molar-refractivity contribution in [2.24, 2.45) is 0 Å². The van der Waals surface area contributed by atoms with Crippen LogP contribution in [0.2, 0.25) is 0 Å². The van der Waals surface area contributed by atoms with Crippen molar-refractivity contribution in [2.45, 2.75) is 302 Å². The van der Waals surface area contributed by atoms with Crippen molar-refractivity contribution < 1.29 is 24.5 Å². The zero-order valence-electron chi connectivity index (χ0n) is 39.2. The van der Waals surface area contributed by atoms with Crippen LogP contribution in [0.3, 0.4) is 0 Å². The van der Waals surface area contributed by atoms with Gasteiger partial charge in [0.05, 0.1) is 25.2 Å². The van der Waals surface area contributed by atoms with Crippen LogP contribution >= 0.6 is 0 Å². The molecule has 0 aromatic heterocycles. The number of esters is 1. The van der Waals surface area contributed by atoms with Crippen molar-refractivity contribution >= 4 is 11.9 Å². The highest BCUT2D eigenvalue weighted by atomic mass is 16.5. The Kier molecular flexibility index (Phi) is 45.5. The SMILES string of the molecule is CCCCCCCCCCC/C=C/CCCCCCCC(=O)OC(CCCCCCCCCCCCCC)CC(=O)NC(CO)C(O)CCCCCCCCCCC. The fourth-order valence-electron chi connectivity index (χ4n) is 8.13. The number of amides is 1. The van der Waals surface area contributed by atoms with Gasteiger partial charge in [-0.2, -0.15) is 0 Å². The van der Waals surface area contributed by atoms with Crippen LogP contribution in [0.15, 0.2) is 12.2 Å². The number of rotatable bonds is 47. The lowest BCUT2D eigenvalue weighted by molar-refractivity contribution is -0.151. The van der Waals surface area contributed by atoms with Crippen LogP contribution in [-0.4, -0.2) is 46.9 Å². The largest absolute Gasteiger partial charge is 0.462 e. The number of ether oxygens (including phenoxy) is 1. The molecule has 0 saturated carbocycles. The summed E-state index contributed by atoms with van der Waals surface area (Å²) in [5.41, 5.74) is 0. The van der Waals surface area contributed by atoms with Crippen LogP contribution in [0, 0.1) is 0 Å². The Morgan fingerprint density at radius 1 is 0.483 bits per heavy atom. The summed E-state index contributed by atoms with van der Waals surface area (Å²) in [6, 6.07) is -0.695. The van der Waals surface area contributed by atoms with Gasteiger partial charge in [-0.15, -0.1) is 0 Å². The van der Waals surface area contributed by atoms with E-state index in [-0.39, 0.29) is 24.9 Å². The van der Waals surface area contributed by atoms with Crippen LogP contribution in [0.4, 0.5) is 0 Å². The van der Waals surface area contributed by atoms with Crippen LogP contribution in [0.5, 0.6) is 0 Å². The number of hydrogen-bond donors (Lipinski definition) is 3. The lowest BCUT2D eigenvalue weighted by Gasteiger charge is -2.24. The fraction of sp³-hybridized carbons (Fsp3) is 0.923. The summed E-state index contributed by atoms with van der Waals surface area (Å²) in [4.78, 5) is 26.1. The van der Waals surface area contributed by atoms with E-state index in [4.69, 9.17) is 4.74 Å². The first kappa shape index (κ1) is 56.6. The van der Waals surface area contributed by atoms with E-state index < -0.39 is 18.2 Å². The van der Waals surface area contributed by atoms with Gasteiger partial charge in [-0.3, -0.25) is 9.59 Å². The number of unbranched alkanes of at least 4 members (excludes halogenated alkanes) is 33. The predicted molar refractivity (Wildman–Crippen MR) is 250 cm³/mol. The van der Waals surface area contributed by atoms with Crippen molar-refractivity contribution in [3.63, 3.8) is 0 Å². The van der Waals surface area contributed by atoms with Crippen molar-refractivity contribution in [3.8, 4) is 0 Å². The third-order valence-electron chi connectivity index (χ3n) is 12.1. The maximum Gasteiger partial charge on any atom is 0.306 e. The number of allylic oxidation sites excluding steroid dienone is 2. The number of carbonyl (C=O) groups excluding carboxylic acids is 2. The molecule has 0 saturated heterocycles. The summed E-state index contributed by atoms with van der Waals surface area (Å²) in [6.45, 7) is 6.48. The van der Waals surface area contributed by atoms with E-state index in [1.54, 1.807) is 0 Å². The highest BCUT2D eigenvalue weighted by Crippen LogP contribution is 2.18. The number of carbonyl (C=O) groups is 2. The summed E-state index contributed by atoms with van der Waals surface area (Å²) in [5, 5.41) is 23.7. The van der Waals surface area contributed by atoms with E-state index in [0.717, 1.165) is 57.8 Å². The second-order valence-electron chi connectivity index (χ2n) is 17.9. The first-order valence-corrected chi connectivity index (χ1v) is 25.9. The molecule has 0 spiro atoms. The maximum atomic E-state index is 13.2. The average molecular weight is 820 g/mol. The molecule has 0 aliphatic heterocycles. The zero-order valence-corrected chi connectivity index (χ0v) is 39.2. The van der Waals surface area contributed by atoms with Crippen LogP contribution in [-0.2, 0) is 14.3 Å². The normalized spacial score (nSPS) is 13.3. The molecule has 344 valence electrons. The summed E-state index contributed by atoms with van der Waals surface area (Å²) in [5.74, 6) is -0.468. The zero-order chi connectivity index (χ0) is 42.4. The van der Waals surface area contributed by atoms with Gasteiger partial charge in [0, 0.05) is 6.42 Å². The second kappa shape index (κ2) is 46.7. The van der Waals surface area contributed by atoms with Gasteiger partial charge in [0.25, 0.3) is 0 Å². The van der Waals surface area contributed by atoms with E-state index in [9.17, 15) is 19.8 Å². The molecule has 0 radical (unpaired) electrons. The molecule has 58 heavy (non-hydrogen) atoms. The molecule has 0 aromatic carbocycles. The Morgan fingerprint density at radius 2 is 0.828 bits per heavy atom. The monoisotopic (exact) mass is 820 g/mol. The van der Waals surface area contributed by atoms with Crippen LogP contribution in [0.25, 0.3) is 0 Å². The van der Waals surface area contributed by atoms with Gasteiger partial charge >= 0.3 is 5.97 Å². The summed E-state index contributed by atoms with van der Waals surface area (Å²) in [6.07, 6.45) is 51.3. The Labute approximate surface area is 361 Å². The Hall–Kier alpha value is -1.40. The summed E-state index contributed by atoms with van der Waals surface area (Å²) >= 11 is 0. The minimum Gasteiger partial charge on any atom is -0.462 e. The lowest BCUT2D eigenvalue weighted by atomic mass is 10.0. The van der Waals surface area contributed by atoms with Gasteiger partial charge in [-0.05, 0) is 51.4 Å². The minimum atomic E-state index is -0.781. The van der Waals surface area contributed by atoms with Gasteiger partial charge in [-0.25, -0.2) is 0 Å². The smallest absolute Gasteiger partial charge is 0.306 e. The highest BCUT2D eigenvalue weighted by Gasteiger charge is 2.24. The van der Waals surface area contributed by atoms with Crippen molar-refractivity contribution in [2.75, 3.05) is 6.61 Å². The van der Waals surface area contributed by atoms with E-state index in [2.05, 4.69) is 38.2 Å². The Balaban J connectivity index is 4.48. The summed E-state index contributed by atoms with van der Waals surface area (Å²) in [7, 11) is 0. The van der Waals surface area contributed by atoms with Gasteiger partial charge in [0.15, 0.2) is 0 Å². The number of aliphatic hydroxyl groups excluding tert-OH is 2. The Morgan fingerprint density at radius 3 is 1.22 bits per heavy atom. The quantitative estimate of drug-likeness (QED) is 0.0323. The molecule has 0 aliphatic carbocycles. The fourth-order valence-corrected chi connectivity index (χ4v) is 8.13. The van der Waals surface area contributed by atoms with E-state index in [1.807, 2.05) is 0 Å².